The summed E-state index contributed by atoms with van der Waals surface area (Å²) in [6.45, 7) is 0. The minimum atomic E-state index is -1.39. The van der Waals surface area contributed by atoms with Crippen LogP contribution in [0.3, 0.4) is 0 Å². The summed E-state index contributed by atoms with van der Waals surface area (Å²) >= 11 is 0. The number of rotatable bonds is 2. The second-order valence-electron chi connectivity index (χ2n) is 5.43. The molecule has 1 aromatic rings. The van der Waals surface area contributed by atoms with E-state index in [9.17, 15) is 9.59 Å². The SMILES string of the molecule is O=C(O)C1N=Nc2ccc(C3CCCCC3)cc2C1=O. The molecule has 2 aliphatic rings. The lowest BCUT2D eigenvalue weighted by molar-refractivity contribution is -0.137. The van der Waals surface area contributed by atoms with Gasteiger partial charge in [-0.2, -0.15) is 10.2 Å². The van der Waals surface area contributed by atoms with Crippen LogP contribution in [0.5, 0.6) is 0 Å². The van der Waals surface area contributed by atoms with E-state index in [1.54, 1.807) is 6.07 Å². The standard InChI is InChI=1S/C15H16N2O3/c18-14-11-8-10(9-4-2-1-3-5-9)6-7-12(11)16-17-13(14)15(19)20/h6-9,13H,1-5H2,(H,19,20). The van der Waals surface area contributed by atoms with Gasteiger partial charge in [0.2, 0.25) is 11.8 Å². The molecule has 20 heavy (non-hydrogen) atoms. The molecule has 1 unspecified atom stereocenters. The highest BCUT2D eigenvalue weighted by Crippen LogP contribution is 2.36. The summed E-state index contributed by atoms with van der Waals surface area (Å²) in [6.07, 6.45) is 5.98. The Bertz CT molecular complexity index is 589. The van der Waals surface area contributed by atoms with E-state index < -0.39 is 17.8 Å². The Morgan fingerprint density at radius 1 is 1.20 bits per heavy atom. The quantitative estimate of drug-likeness (QED) is 0.837. The third-order valence-electron chi connectivity index (χ3n) is 4.13. The molecule has 0 saturated heterocycles. The number of hydrogen-bond donors (Lipinski definition) is 1. The predicted octanol–water partition coefficient (Wildman–Crippen LogP) is 3.47. The van der Waals surface area contributed by atoms with Crippen molar-refractivity contribution in [2.24, 2.45) is 10.2 Å². The van der Waals surface area contributed by atoms with Crippen molar-refractivity contribution in [3.05, 3.63) is 29.3 Å². The van der Waals surface area contributed by atoms with Gasteiger partial charge in [0.15, 0.2) is 0 Å². The predicted molar refractivity (Wildman–Crippen MR) is 72.5 cm³/mol. The first-order valence-corrected chi connectivity index (χ1v) is 6.98. The number of carbonyl (C=O) groups excluding carboxylic acids is 1. The Kier molecular flexibility index (Phi) is 3.34. The molecule has 0 bridgehead atoms. The largest absolute Gasteiger partial charge is 0.479 e. The molecule has 0 aromatic heterocycles. The summed E-state index contributed by atoms with van der Waals surface area (Å²) in [7, 11) is 0. The van der Waals surface area contributed by atoms with Gasteiger partial charge >= 0.3 is 5.97 Å². The maximum absolute atomic E-state index is 12.2. The van der Waals surface area contributed by atoms with Crippen molar-refractivity contribution in [1.82, 2.24) is 0 Å². The average molecular weight is 272 g/mol. The third-order valence-corrected chi connectivity index (χ3v) is 4.13. The molecule has 0 radical (unpaired) electrons. The first-order chi connectivity index (χ1) is 9.66. The van der Waals surface area contributed by atoms with Crippen LogP contribution in [0, 0.1) is 0 Å². The fraction of sp³-hybridized carbons (Fsp3) is 0.467. The van der Waals surface area contributed by atoms with E-state index in [0.717, 1.165) is 18.4 Å². The van der Waals surface area contributed by atoms with Gasteiger partial charge in [0.05, 0.1) is 5.69 Å². The van der Waals surface area contributed by atoms with Gasteiger partial charge in [-0.3, -0.25) is 4.79 Å². The molecular formula is C15H16N2O3. The molecule has 1 aliphatic carbocycles. The summed E-state index contributed by atoms with van der Waals surface area (Å²) in [5, 5.41) is 16.4. The molecule has 1 aliphatic heterocycles. The van der Waals surface area contributed by atoms with E-state index in [4.69, 9.17) is 5.11 Å². The number of benzene rings is 1. The van der Waals surface area contributed by atoms with Crippen LogP contribution in [0.1, 0.15) is 53.9 Å². The molecule has 5 heteroatoms. The summed E-state index contributed by atoms with van der Waals surface area (Å²) in [5.74, 6) is -1.23. The van der Waals surface area contributed by atoms with E-state index >= 15 is 0 Å². The molecule has 104 valence electrons. The van der Waals surface area contributed by atoms with Gasteiger partial charge in [0.1, 0.15) is 0 Å². The van der Waals surface area contributed by atoms with E-state index in [2.05, 4.69) is 10.2 Å². The molecule has 1 aromatic carbocycles. The lowest BCUT2D eigenvalue weighted by Gasteiger charge is -2.23. The van der Waals surface area contributed by atoms with E-state index in [-0.39, 0.29) is 0 Å². The number of aliphatic carboxylic acids is 1. The molecule has 1 atom stereocenters. The second-order valence-corrected chi connectivity index (χ2v) is 5.43. The average Bonchev–Trinajstić information content (AvgIpc) is 2.48. The molecule has 1 N–H and O–H groups in total. The van der Waals surface area contributed by atoms with Crippen molar-refractivity contribution in [2.75, 3.05) is 0 Å². The molecule has 1 saturated carbocycles. The maximum Gasteiger partial charge on any atom is 0.338 e. The smallest absolute Gasteiger partial charge is 0.338 e. The fourth-order valence-electron chi connectivity index (χ4n) is 3.01. The van der Waals surface area contributed by atoms with Gasteiger partial charge in [0, 0.05) is 5.56 Å². The van der Waals surface area contributed by atoms with Crippen molar-refractivity contribution in [3.8, 4) is 0 Å². The van der Waals surface area contributed by atoms with Crippen LogP contribution in [0.25, 0.3) is 0 Å². The highest BCUT2D eigenvalue weighted by atomic mass is 16.4. The highest BCUT2D eigenvalue weighted by molar-refractivity contribution is 6.14. The number of nitrogens with zero attached hydrogens (tertiary/aromatic N) is 2. The van der Waals surface area contributed by atoms with E-state index in [1.807, 2.05) is 12.1 Å². The van der Waals surface area contributed by atoms with Gasteiger partial charge in [-0.25, -0.2) is 4.79 Å². The fourth-order valence-corrected chi connectivity index (χ4v) is 3.01. The van der Waals surface area contributed by atoms with Gasteiger partial charge < -0.3 is 5.11 Å². The number of ketones is 1. The Morgan fingerprint density at radius 2 is 1.95 bits per heavy atom. The lowest BCUT2D eigenvalue weighted by atomic mass is 9.83. The molecule has 3 rings (SSSR count). The van der Waals surface area contributed by atoms with Crippen LogP contribution in [-0.2, 0) is 4.79 Å². The highest BCUT2D eigenvalue weighted by Gasteiger charge is 2.32. The zero-order chi connectivity index (χ0) is 14.1. The van der Waals surface area contributed by atoms with Gasteiger partial charge in [-0.05, 0) is 36.5 Å². The van der Waals surface area contributed by atoms with Crippen LogP contribution in [0.4, 0.5) is 5.69 Å². The first kappa shape index (κ1) is 13.0. The van der Waals surface area contributed by atoms with Crippen molar-refractivity contribution >= 4 is 17.4 Å². The lowest BCUT2D eigenvalue weighted by Crippen LogP contribution is -2.29. The summed E-state index contributed by atoms with van der Waals surface area (Å²) < 4.78 is 0. The molecule has 5 nitrogen and oxygen atoms in total. The number of carbonyl (C=O) groups is 2. The number of carboxylic acid groups (broad SMARTS) is 1. The van der Waals surface area contributed by atoms with Crippen LogP contribution in [0.15, 0.2) is 28.4 Å². The number of fused-ring (bicyclic) bond motifs is 1. The van der Waals surface area contributed by atoms with Crippen LogP contribution >= 0.6 is 0 Å². The number of hydrogen-bond acceptors (Lipinski definition) is 4. The zero-order valence-corrected chi connectivity index (χ0v) is 11.1. The van der Waals surface area contributed by atoms with Crippen molar-refractivity contribution in [1.29, 1.82) is 0 Å². The summed E-state index contributed by atoms with van der Waals surface area (Å²) in [6, 6.07) is 4.20. The maximum atomic E-state index is 12.2. The Morgan fingerprint density at radius 3 is 2.65 bits per heavy atom. The Balaban J connectivity index is 1.94. The van der Waals surface area contributed by atoms with Gasteiger partial charge in [-0.15, -0.1) is 0 Å². The molecule has 1 fully saturated rings. The number of Topliss-reactive ketones (excluding diaryl/α,β-unsaturated/α-hetero) is 1. The summed E-state index contributed by atoms with van der Waals surface area (Å²) in [5.41, 5.74) is 2.00. The van der Waals surface area contributed by atoms with Crippen molar-refractivity contribution < 1.29 is 14.7 Å². The van der Waals surface area contributed by atoms with Crippen molar-refractivity contribution in [3.63, 3.8) is 0 Å². The zero-order valence-electron chi connectivity index (χ0n) is 11.1. The van der Waals surface area contributed by atoms with Crippen LogP contribution < -0.4 is 0 Å². The minimum absolute atomic E-state index is 0.399. The topological polar surface area (TPSA) is 79.1 Å². The molecular weight excluding hydrogens is 256 g/mol. The summed E-state index contributed by atoms with van der Waals surface area (Å²) in [4.78, 5) is 23.1. The van der Waals surface area contributed by atoms with Crippen molar-refractivity contribution in [2.45, 2.75) is 44.1 Å². The Labute approximate surface area is 116 Å². The van der Waals surface area contributed by atoms with E-state index in [1.165, 1.54) is 19.3 Å². The number of azo groups is 1. The first-order valence-electron chi connectivity index (χ1n) is 6.98. The molecule has 1 heterocycles. The van der Waals surface area contributed by atoms with Gasteiger partial charge in [0.25, 0.3) is 0 Å². The normalized spacial score (nSPS) is 22.6. The third kappa shape index (κ3) is 2.24. The minimum Gasteiger partial charge on any atom is -0.479 e. The monoisotopic (exact) mass is 272 g/mol. The van der Waals surface area contributed by atoms with Crippen LogP contribution in [-0.4, -0.2) is 22.9 Å². The van der Waals surface area contributed by atoms with E-state index in [0.29, 0.717) is 17.2 Å². The van der Waals surface area contributed by atoms with Crippen LogP contribution in [0.2, 0.25) is 0 Å². The van der Waals surface area contributed by atoms with Gasteiger partial charge in [-0.1, -0.05) is 25.3 Å². The molecule has 0 spiro atoms. The Hall–Kier alpha value is -2.04. The second kappa shape index (κ2) is 5.15. The number of carboxylic acids is 1. The molecule has 0 amide bonds.